The summed E-state index contributed by atoms with van der Waals surface area (Å²) in [5.41, 5.74) is 1.11. The fraction of sp³-hybridized carbons (Fsp3) is 0.318. The molecule has 0 spiro atoms. The van der Waals surface area contributed by atoms with Crippen LogP contribution in [0.2, 0.25) is 0 Å². The first-order valence-corrected chi connectivity index (χ1v) is 11.3. The Balaban J connectivity index is 1.74. The summed E-state index contributed by atoms with van der Waals surface area (Å²) < 4.78 is 45.2. The van der Waals surface area contributed by atoms with Crippen molar-refractivity contribution in [3.8, 4) is 0 Å². The number of anilines is 1. The van der Waals surface area contributed by atoms with Gasteiger partial charge in [-0.15, -0.1) is 6.58 Å². The summed E-state index contributed by atoms with van der Waals surface area (Å²) in [5.74, 6) is -0.703. The van der Waals surface area contributed by atoms with E-state index in [9.17, 15) is 17.6 Å². The zero-order valence-corrected chi connectivity index (χ0v) is 17.4. The number of benzene rings is 2. The molecule has 1 amide bonds. The fourth-order valence-corrected chi connectivity index (χ4v) is 4.63. The number of sulfonamides is 1. The molecule has 0 radical (unpaired) electrons. The number of hydrogen-bond donors (Lipinski definition) is 2. The van der Waals surface area contributed by atoms with E-state index in [1.165, 1.54) is 18.2 Å². The van der Waals surface area contributed by atoms with Crippen LogP contribution in [0.5, 0.6) is 0 Å². The van der Waals surface area contributed by atoms with Gasteiger partial charge >= 0.3 is 0 Å². The second-order valence-electron chi connectivity index (χ2n) is 7.25. The highest BCUT2D eigenvalue weighted by Crippen LogP contribution is 2.36. The molecule has 8 heteroatoms. The molecule has 0 aromatic heterocycles. The Morgan fingerprint density at radius 2 is 1.73 bits per heavy atom. The highest BCUT2D eigenvalue weighted by Gasteiger charge is 2.41. The Hall–Kier alpha value is -2.55. The fourth-order valence-electron chi connectivity index (χ4n) is 3.53. The Labute approximate surface area is 176 Å². The van der Waals surface area contributed by atoms with Gasteiger partial charge in [0.2, 0.25) is 15.9 Å². The van der Waals surface area contributed by atoms with Crippen molar-refractivity contribution in [3.63, 3.8) is 0 Å². The van der Waals surface area contributed by atoms with Crippen molar-refractivity contribution in [1.29, 1.82) is 0 Å². The van der Waals surface area contributed by atoms with Crippen LogP contribution >= 0.6 is 0 Å². The quantitative estimate of drug-likeness (QED) is 0.628. The number of hydrogen-bond acceptors (Lipinski definition) is 4. The van der Waals surface area contributed by atoms with E-state index >= 15 is 0 Å². The monoisotopic (exact) mass is 432 g/mol. The maximum Gasteiger partial charge on any atom is 0.235 e. The minimum atomic E-state index is -3.45. The number of halogens is 1. The third-order valence-corrected chi connectivity index (χ3v) is 6.51. The van der Waals surface area contributed by atoms with E-state index in [4.69, 9.17) is 4.74 Å². The maximum absolute atomic E-state index is 13.4. The minimum Gasteiger partial charge on any atom is -0.381 e. The number of amides is 1. The molecule has 3 rings (SSSR count). The molecule has 160 valence electrons. The predicted octanol–water partition coefficient (Wildman–Crippen LogP) is 3.12. The lowest BCUT2D eigenvalue weighted by Gasteiger charge is -2.36. The molecule has 30 heavy (non-hydrogen) atoms. The van der Waals surface area contributed by atoms with Gasteiger partial charge in [-0.2, -0.15) is 0 Å². The molecule has 1 saturated heterocycles. The van der Waals surface area contributed by atoms with Gasteiger partial charge in [0.1, 0.15) is 5.82 Å². The summed E-state index contributed by atoms with van der Waals surface area (Å²) >= 11 is 0. The predicted molar refractivity (Wildman–Crippen MR) is 114 cm³/mol. The number of ether oxygens (including phenoxy) is 1. The molecule has 1 fully saturated rings. The molecule has 2 N–H and O–H groups in total. The first-order valence-electron chi connectivity index (χ1n) is 9.67. The lowest BCUT2D eigenvalue weighted by molar-refractivity contribution is -0.125. The summed E-state index contributed by atoms with van der Waals surface area (Å²) in [6, 6.07) is 12.7. The molecule has 6 nitrogen and oxygen atoms in total. The van der Waals surface area contributed by atoms with E-state index in [1.54, 1.807) is 36.4 Å². The van der Waals surface area contributed by atoms with Crippen molar-refractivity contribution in [2.24, 2.45) is 0 Å². The lowest BCUT2D eigenvalue weighted by Crippen LogP contribution is -2.44. The number of rotatable bonds is 8. The number of nitrogens with one attached hydrogen (secondary N) is 2. The summed E-state index contributed by atoms with van der Waals surface area (Å²) in [6.07, 6.45) is 2.47. The van der Waals surface area contributed by atoms with Crippen molar-refractivity contribution in [3.05, 3.63) is 78.1 Å². The number of carbonyl (C=O) groups is 1. The van der Waals surface area contributed by atoms with Gasteiger partial charge in [-0.3, -0.25) is 4.79 Å². The van der Waals surface area contributed by atoms with Gasteiger partial charge in [0.05, 0.1) is 11.2 Å². The van der Waals surface area contributed by atoms with E-state index < -0.39 is 15.4 Å². The van der Waals surface area contributed by atoms with Gasteiger partial charge in [-0.1, -0.05) is 30.3 Å². The molecule has 0 aliphatic carbocycles. The van der Waals surface area contributed by atoms with Crippen LogP contribution in [0, 0.1) is 5.82 Å². The molecular formula is C22H25FN2O4S. The zero-order valence-electron chi connectivity index (χ0n) is 16.6. The van der Waals surface area contributed by atoms with Crippen LogP contribution < -0.4 is 10.0 Å². The van der Waals surface area contributed by atoms with Gasteiger partial charge in [-0.25, -0.2) is 17.5 Å². The lowest BCUT2D eigenvalue weighted by atomic mass is 9.73. The largest absolute Gasteiger partial charge is 0.381 e. The van der Waals surface area contributed by atoms with Crippen molar-refractivity contribution >= 4 is 21.6 Å². The topological polar surface area (TPSA) is 84.5 Å². The molecule has 0 unspecified atom stereocenters. The third kappa shape index (κ3) is 5.33. The van der Waals surface area contributed by atoms with Gasteiger partial charge < -0.3 is 10.1 Å². The molecular weight excluding hydrogens is 407 g/mol. The summed E-state index contributed by atoms with van der Waals surface area (Å²) in [7, 11) is -3.45. The molecule has 1 aliphatic heterocycles. The van der Waals surface area contributed by atoms with Crippen LogP contribution in [0.1, 0.15) is 24.0 Å². The molecule has 1 heterocycles. The summed E-state index contributed by atoms with van der Waals surface area (Å²) in [5, 5.41) is 2.92. The van der Waals surface area contributed by atoms with Crippen LogP contribution in [0.25, 0.3) is 0 Å². The van der Waals surface area contributed by atoms with Crippen LogP contribution in [0.3, 0.4) is 0 Å². The van der Waals surface area contributed by atoms with Gasteiger partial charge in [0, 0.05) is 25.4 Å². The van der Waals surface area contributed by atoms with Crippen LogP contribution in [-0.2, 0) is 30.7 Å². The normalized spacial score (nSPS) is 16.0. The first kappa shape index (κ1) is 22.1. The van der Waals surface area contributed by atoms with E-state index in [-0.39, 0.29) is 24.0 Å². The van der Waals surface area contributed by atoms with Crippen LogP contribution in [0.15, 0.2) is 61.2 Å². The Morgan fingerprint density at radius 3 is 2.33 bits per heavy atom. The van der Waals surface area contributed by atoms with Gasteiger partial charge in [0.25, 0.3) is 0 Å². The Morgan fingerprint density at radius 1 is 1.10 bits per heavy atom. The second kappa shape index (κ2) is 9.51. The molecule has 0 bridgehead atoms. The summed E-state index contributed by atoms with van der Waals surface area (Å²) in [6.45, 7) is 4.55. The highest BCUT2D eigenvalue weighted by atomic mass is 32.2. The Kier molecular flexibility index (Phi) is 7.02. The molecule has 0 atom stereocenters. The van der Waals surface area contributed by atoms with E-state index in [0.29, 0.717) is 37.3 Å². The Bertz CT molecular complexity index is 983. The van der Waals surface area contributed by atoms with E-state index in [0.717, 1.165) is 5.56 Å². The molecule has 1 aliphatic rings. The highest BCUT2D eigenvalue weighted by molar-refractivity contribution is 7.88. The van der Waals surface area contributed by atoms with Crippen molar-refractivity contribution in [2.75, 3.05) is 25.1 Å². The van der Waals surface area contributed by atoms with E-state index in [2.05, 4.69) is 16.6 Å². The van der Waals surface area contributed by atoms with Crippen LogP contribution in [-0.4, -0.2) is 34.1 Å². The third-order valence-electron chi connectivity index (χ3n) is 5.19. The first-order chi connectivity index (χ1) is 14.3. The van der Waals surface area contributed by atoms with Crippen LogP contribution in [0.4, 0.5) is 10.1 Å². The smallest absolute Gasteiger partial charge is 0.235 e. The van der Waals surface area contributed by atoms with E-state index in [1.807, 2.05) is 0 Å². The average molecular weight is 433 g/mol. The molecule has 2 aromatic rings. The van der Waals surface area contributed by atoms with Crippen molar-refractivity contribution in [1.82, 2.24) is 4.72 Å². The molecule has 2 aromatic carbocycles. The zero-order chi connectivity index (χ0) is 21.6. The maximum atomic E-state index is 13.4. The van der Waals surface area contributed by atoms with Crippen molar-refractivity contribution < 1.29 is 22.3 Å². The van der Waals surface area contributed by atoms with Crippen molar-refractivity contribution in [2.45, 2.75) is 24.0 Å². The molecule has 0 saturated carbocycles. The van der Waals surface area contributed by atoms with Gasteiger partial charge in [0.15, 0.2) is 0 Å². The average Bonchev–Trinajstić information content (AvgIpc) is 2.74. The standard InChI is InChI=1S/C22H25FN2O4S/c1-2-13-24-30(27,28)16-17-3-9-20(10-4-17)25-21(26)22(11-14-29-15-12-22)18-5-7-19(23)8-6-18/h2-10,24H,1,11-16H2,(H,25,26). The number of carbonyl (C=O) groups excluding carboxylic acids is 1. The second-order valence-corrected chi connectivity index (χ2v) is 9.06. The minimum absolute atomic E-state index is 0.161. The summed E-state index contributed by atoms with van der Waals surface area (Å²) in [4.78, 5) is 13.2. The van der Waals surface area contributed by atoms with Gasteiger partial charge in [-0.05, 0) is 48.2 Å². The SMILES string of the molecule is C=CCNS(=O)(=O)Cc1ccc(NC(=O)C2(c3ccc(F)cc3)CCOCC2)cc1.